The minimum atomic E-state index is -0.662. The van der Waals surface area contributed by atoms with Crippen molar-refractivity contribution in [1.82, 2.24) is 0 Å². The van der Waals surface area contributed by atoms with E-state index in [2.05, 4.69) is 20.7 Å². The van der Waals surface area contributed by atoms with Gasteiger partial charge in [0.1, 0.15) is 11.3 Å². The van der Waals surface area contributed by atoms with Crippen LogP contribution >= 0.6 is 15.9 Å². The van der Waals surface area contributed by atoms with Crippen LogP contribution in [0.25, 0.3) is 0 Å². The third kappa shape index (κ3) is 2.04. The topological polar surface area (TPSA) is 26.3 Å². The molecule has 0 bridgehead atoms. The van der Waals surface area contributed by atoms with E-state index < -0.39 is 11.8 Å². The molecular weight excluding hydrogens is 227 g/mol. The molecule has 2 nitrogen and oxygen atoms in total. The van der Waals surface area contributed by atoms with Crippen LogP contribution in [0.1, 0.15) is 10.4 Å². The summed E-state index contributed by atoms with van der Waals surface area (Å²) >= 11 is 2.91. The summed E-state index contributed by atoms with van der Waals surface area (Å²) in [6.07, 6.45) is 0. The second kappa shape index (κ2) is 4.21. The lowest BCUT2D eigenvalue weighted by Crippen LogP contribution is -2.05. The molecule has 0 amide bonds. The van der Waals surface area contributed by atoms with E-state index in [1.807, 2.05) is 0 Å². The zero-order valence-electron chi connectivity index (χ0n) is 6.09. The summed E-state index contributed by atoms with van der Waals surface area (Å²) in [4.78, 5) is 11.0. The lowest BCUT2D eigenvalue weighted by Gasteiger charge is -2.00. The Balaban J connectivity index is 2.87. The second-order valence-electron chi connectivity index (χ2n) is 2.02. The first-order valence-corrected chi connectivity index (χ1v) is 4.35. The molecule has 1 aromatic carbocycles. The Morgan fingerprint density at radius 1 is 1.50 bits per heavy atom. The van der Waals surface area contributed by atoms with Gasteiger partial charge in [-0.3, -0.25) is 0 Å². The number of rotatable bonds is 2. The quantitative estimate of drug-likeness (QED) is 0.578. The van der Waals surface area contributed by atoms with E-state index in [0.717, 1.165) is 0 Å². The van der Waals surface area contributed by atoms with Gasteiger partial charge < -0.3 is 4.74 Å². The van der Waals surface area contributed by atoms with E-state index in [4.69, 9.17) is 0 Å². The highest BCUT2D eigenvalue weighted by Gasteiger charge is 2.10. The summed E-state index contributed by atoms with van der Waals surface area (Å²) in [5.41, 5.74) is 0.0251. The van der Waals surface area contributed by atoms with Crippen LogP contribution in [-0.2, 0) is 4.74 Å². The first kappa shape index (κ1) is 9.19. The van der Waals surface area contributed by atoms with Crippen LogP contribution in [0.3, 0.4) is 0 Å². The van der Waals surface area contributed by atoms with Gasteiger partial charge in [0.25, 0.3) is 0 Å². The van der Waals surface area contributed by atoms with Crippen LogP contribution in [0.4, 0.5) is 4.39 Å². The van der Waals surface area contributed by atoms with Gasteiger partial charge in [-0.2, -0.15) is 0 Å². The largest absolute Gasteiger partial charge is 0.450 e. The maximum absolute atomic E-state index is 12.8. The number of esters is 1. The number of alkyl halides is 1. The molecule has 12 heavy (non-hydrogen) atoms. The maximum atomic E-state index is 12.8. The van der Waals surface area contributed by atoms with Gasteiger partial charge in [0.05, 0.1) is 5.56 Å². The van der Waals surface area contributed by atoms with Crippen LogP contribution in [0, 0.1) is 5.82 Å². The van der Waals surface area contributed by atoms with Crippen molar-refractivity contribution in [2.45, 2.75) is 0 Å². The maximum Gasteiger partial charge on any atom is 0.341 e. The van der Waals surface area contributed by atoms with Gasteiger partial charge >= 0.3 is 5.97 Å². The molecule has 0 saturated carbocycles. The van der Waals surface area contributed by atoms with Crippen LogP contribution in [-0.4, -0.2) is 11.5 Å². The minimum absolute atomic E-state index is 0.0445. The van der Waals surface area contributed by atoms with E-state index in [9.17, 15) is 9.18 Å². The van der Waals surface area contributed by atoms with Crippen molar-refractivity contribution in [2.24, 2.45) is 0 Å². The van der Waals surface area contributed by atoms with Crippen LogP contribution in [0.2, 0.25) is 0 Å². The van der Waals surface area contributed by atoms with Gasteiger partial charge in [0.15, 0.2) is 0 Å². The Hall–Kier alpha value is -0.900. The zero-order valence-corrected chi connectivity index (χ0v) is 7.67. The van der Waals surface area contributed by atoms with Crippen molar-refractivity contribution < 1.29 is 13.9 Å². The smallest absolute Gasteiger partial charge is 0.341 e. The Kier molecular flexibility index (Phi) is 3.22. The van der Waals surface area contributed by atoms with Crippen molar-refractivity contribution in [2.75, 3.05) is 5.52 Å². The molecule has 0 unspecified atom stereocenters. The van der Waals surface area contributed by atoms with Gasteiger partial charge in [-0.1, -0.05) is 12.1 Å². The highest BCUT2D eigenvalue weighted by molar-refractivity contribution is 9.09. The monoisotopic (exact) mass is 232 g/mol. The molecule has 0 atom stereocenters. The van der Waals surface area contributed by atoms with E-state index in [-0.39, 0.29) is 11.1 Å². The predicted molar refractivity (Wildman–Crippen MR) is 45.6 cm³/mol. The van der Waals surface area contributed by atoms with Gasteiger partial charge in [-0.15, -0.1) is 0 Å². The molecule has 0 radical (unpaired) electrons. The van der Waals surface area contributed by atoms with Gasteiger partial charge in [0, 0.05) is 0 Å². The molecule has 1 rings (SSSR count). The molecule has 64 valence electrons. The van der Waals surface area contributed by atoms with Gasteiger partial charge in [-0.05, 0) is 28.1 Å². The number of halogens is 2. The van der Waals surface area contributed by atoms with E-state index >= 15 is 0 Å². The SMILES string of the molecule is O=C(OCBr)c1ccccc1F. The van der Waals surface area contributed by atoms with Crippen LogP contribution < -0.4 is 0 Å². The Morgan fingerprint density at radius 2 is 2.17 bits per heavy atom. The van der Waals surface area contributed by atoms with Crippen molar-refractivity contribution in [3.63, 3.8) is 0 Å². The lowest BCUT2D eigenvalue weighted by molar-refractivity contribution is 0.0579. The number of hydrogen-bond donors (Lipinski definition) is 0. The zero-order chi connectivity index (χ0) is 8.97. The molecule has 0 aliphatic rings. The second-order valence-corrected chi connectivity index (χ2v) is 2.48. The third-order valence-corrected chi connectivity index (χ3v) is 1.51. The van der Waals surface area contributed by atoms with Crippen LogP contribution in [0.15, 0.2) is 24.3 Å². The number of carbonyl (C=O) groups excluding carboxylic acids is 1. The average Bonchev–Trinajstić information content (AvgIpc) is 2.05. The molecule has 0 heterocycles. The van der Waals surface area contributed by atoms with Crippen molar-refractivity contribution in [1.29, 1.82) is 0 Å². The number of carbonyl (C=O) groups is 1. The molecule has 0 fully saturated rings. The third-order valence-electron chi connectivity index (χ3n) is 1.28. The number of hydrogen-bond acceptors (Lipinski definition) is 2. The summed E-state index contributed by atoms with van der Waals surface area (Å²) in [5, 5.41) is 0. The van der Waals surface area contributed by atoms with E-state index in [0.29, 0.717) is 0 Å². The number of benzene rings is 1. The molecular formula is C8H6BrFO2. The lowest BCUT2D eigenvalue weighted by atomic mass is 10.2. The standard InChI is InChI=1S/C8H6BrFO2/c9-5-12-8(11)6-3-1-2-4-7(6)10/h1-4H,5H2. The first-order chi connectivity index (χ1) is 5.75. The summed E-state index contributed by atoms with van der Waals surface area (Å²) in [6.45, 7) is 0. The molecule has 1 aromatic rings. The Labute approximate surface area is 77.5 Å². The normalized spacial score (nSPS) is 9.50. The summed E-state index contributed by atoms with van der Waals surface area (Å²) < 4.78 is 17.4. The van der Waals surface area contributed by atoms with Crippen LogP contribution in [0.5, 0.6) is 0 Å². The summed E-state index contributed by atoms with van der Waals surface area (Å²) in [5.74, 6) is -1.23. The summed E-state index contributed by atoms with van der Waals surface area (Å²) in [7, 11) is 0. The Morgan fingerprint density at radius 3 is 2.75 bits per heavy atom. The molecule has 0 aliphatic carbocycles. The predicted octanol–water partition coefficient (Wildman–Crippen LogP) is 2.33. The highest BCUT2D eigenvalue weighted by Crippen LogP contribution is 2.07. The van der Waals surface area contributed by atoms with Crippen molar-refractivity contribution in [3.05, 3.63) is 35.6 Å². The molecule has 0 aliphatic heterocycles. The summed E-state index contributed by atoms with van der Waals surface area (Å²) in [6, 6.07) is 5.68. The molecule has 0 N–H and O–H groups in total. The van der Waals surface area contributed by atoms with E-state index in [1.165, 1.54) is 18.2 Å². The molecule has 0 spiro atoms. The average molecular weight is 233 g/mol. The number of ether oxygens (including phenoxy) is 1. The van der Waals surface area contributed by atoms with Crippen molar-refractivity contribution >= 4 is 21.9 Å². The van der Waals surface area contributed by atoms with E-state index in [1.54, 1.807) is 6.07 Å². The van der Waals surface area contributed by atoms with Crippen molar-refractivity contribution in [3.8, 4) is 0 Å². The molecule has 4 heteroatoms. The molecule has 0 saturated heterocycles. The fourth-order valence-electron chi connectivity index (χ4n) is 0.754. The molecule has 0 aromatic heterocycles. The van der Waals surface area contributed by atoms with Gasteiger partial charge in [0.2, 0.25) is 0 Å². The fourth-order valence-corrected chi connectivity index (χ4v) is 0.962. The minimum Gasteiger partial charge on any atom is -0.450 e. The fraction of sp³-hybridized carbons (Fsp3) is 0.125. The highest BCUT2D eigenvalue weighted by atomic mass is 79.9. The Bertz CT molecular complexity index is 288. The van der Waals surface area contributed by atoms with Gasteiger partial charge in [-0.25, -0.2) is 9.18 Å². The first-order valence-electron chi connectivity index (χ1n) is 3.23.